The number of phenolic OH excluding ortho intramolecular Hbond substituents is 1. The molecule has 3 aromatic carbocycles. The predicted octanol–water partition coefficient (Wildman–Crippen LogP) is 4.95. The van der Waals surface area contributed by atoms with Crippen molar-refractivity contribution in [3.8, 4) is 17.0 Å². The third-order valence-corrected chi connectivity index (χ3v) is 5.83. The summed E-state index contributed by atoms with van der Waals surface area (Å²) in [5.41, 5.74) is 6.94. The highest BCUT2D eigenvalue weighted by Gasteiger charge is 2.14. The van der Waals surface area contributed by atoms with Gasteiger partial charge in [-0.25, -0.2) is 10.4 Å². The number of anilines is 1. The number of fused-ring (bicyclic) bond motifs is 1. The lowest BCUT2D eigenvalue weighted by Crippen LogP contribution is -2.20. The van der Waals surface area contributed by atoms with E-state index in [0.29, 0.717) is 33.6 Å². The van der Waals surface area contributed by atoms with Crippen LogP contribution in [0, 0.1) is 0 Å². The zero-order valence-electron chi connectivity index (χ0n) is 20.6. The van der Waals surface area contributed by atoms with Crippen molar-refractivity contribution >= 4 is 40.1 Å². The van der Waals surface area contributed by atoms with Crippen LogP contribution in [0.5, 0.6) is 5.75 Å². The Labute approximate surface area is 218 Å². The molecule has 0 saturated carbocycles. The fourth-order valence-electron chi connectivity index (χ4n) is 3.82. The number of nitrogens with one attached hydrogen (secondary N) is 2. The number of hydrogen-bond acceptors (Lipinski definition) is 6. The second-order valence-electron chi connectivity index (χ2n) is 8.63. The minimum atomic E-state index is -0.932. The second-order valence-corrected chi connectivity index (χ2v) is 8.63. The van der Waals surface area contributed by atoms with Crippen LogP contribution in [0.3, 0.4) is 0 Å². The standard InChI is InChI=1S/C29H26N4O5/c1-18(19-9-13-21(14-10-19)30-27(35)7-4-8-28(36)37)32-33-29(38)24-17-26(20-11-15-22(34)16-12-20)31-25-6-3-2-5-23(24)25/h2-3,5-6,9-17,34H,4,7-8H2,1H3,(H,30,35)(H,33,38)(H,36,37)/b32-18-. The molecule has 0 unspecified atom stereocenters. The summed E-state index contributed by atoms with van der Waals surface area (Å²) in [5, 5.41) is 26.0. The molecule has 1 aromatic heterocycles. The fourth-order valence-corrected chi connectivity index (χ4v) is 3.82. The Kier molecular flexibility index (Phi) is 8.07. The van der Waals surface area contributed by atoms with Crippen molar-refractivity contribution in [2.24, 2.45) is 5.10 Å². The molecule has 0 aliphatic heterocycles. The van der Waals surface area contributed by atoms with Crippen LogP contribution in [0.25, 0.3) is 22.2 Å². The molecular formula is C29H26N4O5. The minimum absolute atomic E-state index is 0.0544. The lowest BCUT2D eigenvalue weighted by Gasteiger charge is -2.10. The maximum Gasteiger partial charge on any atom is 0.303 e. The van der Waals surface area contributed by atoms with E-state index >= 15 is 0 Å². The van der Waals surface area contributed by atoms with Crippen molar-refractivity contribution in [2.45, 2.75) is 26.2 Å². The Morgan fingerprint density at radius 3 is 2.34 bits per heavy atom. The maximum atomic E-state index is 13.2. The van der Waals surface area contributed by atoms with Crippen molar-refractivity contribution < 1.29 is 24.6 Å². The molecule has 38 heavy (non-hydrogen) atoms. The van der Waals surface area contributed by atoms with Gasteiger partial charge in [-0.15, -0.1) is 0 Å². The number of para-hydroxylation sites is 1. The molecule has 0 radical (unpaired) electrons. The van der Waals surface area contributed by atoms with Gasteiger partial charge in [-0.1, -0.05) is 30.3 Å². The van der Waals surface area contributed by atoms with Crippen LogP contribution in [0.2, 0.25) is 0 Å². The zero-order valence-corrected chi connectivity index (χ0v) is 20.6. The number of aromatic nitrogens is 1. The number of hydrazone groups is 1. The number of amides is 2. The van der Waals surface area contributed by atoms with Crippen LogP contribution in [-0.2, 0) is 9.59 Å². The molecular weight excluding hydrogens is 484 g/mol. The van der Waals surface area contributed by atoms with E-state index in [1.807, 2.05) is 24.3 Å². The molecule has 9 heteroatoms. The summed E-state index contributed by atoms with van der Waals surface area (Å²) in [6, 6.07) is 22.6. The van der Waals surface area contributed by atoms with E-state index in [1.54, 1.807) is 61.5 Å². The van der Waals surface area contributed by atoms with E-state index in [-0.39, 0.29) is 30.9 Å². The number of carboxylic acid groups (broad SMARTS) is 1. The molecule has 0 fully saturated rings. The number of carboxylic acids is 1. The van der Waals surface area contributed by atoms with E-state index in [0.717, 1.165) is 11.1 Å². The van der Waals surface area contributed by atoms with Crippen LogP contribution >= 0.6 is 0 Å². The molecule has 4 rings (SSSR count). The number of benzene rings is 3. The Bertz CT molecular complexity index is 1510. The largest absolute Gasteiger partial charge is 0.508 e. The first-order chi connectivity index (χ1) is 18.3. The fraction of sp³-hybridized carbons (Fsp3) is 0.138. The van der Waals surface area contributed by atoms with Gasteiger partial charge in [0, 0.05) is 29.5 Å². The molecule has 0 bridgehead atoms. The number of pyridine rings is 1. The normalized spacial score (nSPS) is 11.2. The molecule has 0 aliphatic carbocycles. The van der Waals surface area contributed by atoms with E-state index in [2.05, 4.69) is 20.8 Å². The Morgan fingerprint density at radius 2 is 1.63 bits per heavy atom. The van der Waals surface area contributed by atoms with Gasteiger partial charge < -0.3 is 15.5 Å². The van der Waals surface area contributed by atoms with Gasteiger partial charge in [-0.05, 0) is 67.4 Å². The van der Waals surface area contributed by atoms with E-state index in [4.69, 9.17) is 5.11 Å². The molecule has 2 amide bonds. The Morgan fingerprint density at radius 1 is 0.921 bits per heavy atom. The van der Waals surface area contributed by atoms with Crippen LogP contribution in [-0.4, -0.2) is 38.7 Å². The average molecular weight is 511 g/mol. The first kappa shape index (κ1) is 26.0. The van der Waals surface area contributed by atoms with Gasteiger partial charge in [0.25, 0.3) is 5.91 Å². The molecule has 1 heterocycles. The number of carbonyl (C=O) groups excluding carboxylic acids is 2. The van der Waals surface area contributed by atoms with Crippen LogP contribution in [0.4, 0.5) is 5.69 Å². The van der Waals surface area contributed by atoms with Gasteiger partial charge in [-0.3, -0.25) is 14.4 Å². The number of rotatable bonds is 9. The Hall–Kier alpha value is -5.05. The molecule has 192 valence electrons. The topological polar surface area (TPSA) is 141 Å². The molecule has 9 nitrogen and oxygen atoms in total. The van der Waals surface area contributed by atoms with E-state index in [9.17, 15) is 19.5 Å². The molecule has 0 spiro atoms. The quantitative estimate of drug-likeness (QED) is 0.185. The summed E-state index contributed by atoms with van der Waals surface area (Å²) in [5.74, 6) is -1.44. The molecule has 0 aliphatic rings. The SMILES string of the molecule is C/C(=N/NC(=O)c1cc(-c2ccc(O)cc2)nc2ccccc12)c1ccc(NC(=O)CCCC(=O)O)cc1. The summed E-state index contributed by atoms with van der Waals surface area (Å²) in [4.78, 5) is 40.4. The number of phenols is 1. The van der Waals surface area contributed by atoms with Gasteiger partial charge >= 0.3 is 5.97 Å². The van der Waals surface area contributed by atoms with Crippen molar-refractivity contribution in [2.75, 3.05) is 5.32 Å². The van der Waals surface area contributed by atoms with Crippen molar-refractivity contribution in [1.29, 1.82) is 0 Å². The third kappa shape index (κ3) is 6.58. The monoisotopic (exact) mass is 510 g/mol. The highest BCUT2D eigenvalue weighted by atomic mass is 16.4. The smallest absolute Gasteiger partial charge is 0.303 e. The number of hydrogen-bond donors (Lipinski definition) is 4. The Balaban J connectivity index is 1.47. The first-order valence-corrected chi connectivity index (χ1v) is 12.0. The van der Waals surface area contributed by atoms with Crippen molar-refractivity contribution in [3.05, 3.63) is 90.0 Å². The highest BCUT2D eigenvalue weighted by Crippen LogP contribution is 2.26. The van der Waals surface area contributed by atoms with Gasteiger partial charge in [-0.2, -0.15) is 5.10 Å². The zero-order chi connectivity index (χ0) is 27.1. The summed E-state index contributed by atoms with van der Waals surface area (Å²) in [6.45, 7) is 1.76. The minimum Gasteiger partial charge on any atom is -0.508 e. The van der Waals surface area contributed by atoms with Crippen LogP contribution in [0.15, 0.2) is 84.0 Å². The predicted molar refractivity (Wildman–Crippen MR) is 145 cm³/mol. The third-order valence-electron chi connectivity index (χ3n) is 5.83. The van der Waals surface area contributed by atoms with Gasteiger partial charge in [0.05, 0.1) is 22.5 Å². The number of aliphatic carboxylic acids is 1. The van der Waals surface area contributed by atoms with E-state index < -0.39 is 11.9 Å². The molecule has 0 saturated heterocycles. The summed E-state index contributed by atoms with van der Waals surface area (Å²) in [7, 11) is 0. The van der Waals surface area contributed by atoms with E-state index in [1.165, 1.54) is 0 Å². The highest BCUT2D eigenvalue weighted by molar-refractivity contribution is 6.08. The lowest BCUT2D eigenvalue weighted by atomic mass is 10.0. The lowest BCUT2D eigenvalue weighted by molar-refractivity contribution is -0.137. The van der Waals surface area contributed by atoms with Gasteiger partial charge in [0.15, 0.2) is 0 Å². The van der Waals surface area contributed by atoms with Crippen molar-refractivity contribution in [1.82, 2.24) is 10.4 Å². The first-order valence-electron chi connectivity index (χ1n) is 12.0. The maximum absolute atomic E-state index is 13.2. The summed E-state index contributed by atoms with van der Waals surface area (Å²) < 4.78 is 0. The van der Waals surface area contributed by atoms with Gasteiger partial charge in [0.2, 0.25) is 5.91 Å². The number of aromatic hydroxyl groups is 1. The van der Waals surface area contributed by atoms with Crippen LogP contribution < -0.4 is 10.7 Å². The average Bonchev–Trinajstić information content (AvgIpc) is 2.91. The molecule has 4 aromatic rings. The van der Waals surface area contributed by atoms with Crippen LogP contribution in [0.1, 0.15) is 42.1 Å². The summed E-state index contributed by atoms with van der Waals surface area (Å²) in [6.07, 6.45) is 0.341. The molecule has 4 N–H and O–H groups in total. The second kappa shape index (κ2) is 11.8. The van der Waals surface area contributed by atoms with Gasteiger partial charge in [0.1, 0.15) is 5.75 Å². The number of carbonyl (C=O) groups is 3. The van der Waals surface area contributed by atoms with Crippen molar-refractivity contribution in [3.63, 3.8) is 0 Å². The molecule has 0 atom stereocenters. The summed E-state index contributed by atoms with van der Waals surface area (Å²) >= 11 is 0. The number of nitrogens with zero attached hydrogens (tertiary/aromatic N) is 2.